The molecule has 6 heteroatoms. The largest absolute Gasteiger partial charge is 0.353 e. The minimum absolute atomic E-state index is 0.0439. The van der Waals surface area contributed by atoms with Crippen LogP contribution in [0.5, 0.6) is 0 Å². The highest BCUT2D eigenvalue weighted by Crippen LogP contribution is 2.38. The fourth-order valence-corrected chi connectivity index (χ4v) is 4.81. The SMILES string of the molecule is C/C=C/CCC1CCC(CCc2ccc(-c3cc(F)c(C(F)(F)Cl)c(F)c3)c(F)c2)CC1. The van der Waals surface area contributed by atoms with Crippen molar-refractivity contribution in [1.29, 1.82) is 0 Å². The lowest BCUT2D eigenvalue weighted by molar-refractivity contribution is 0.0859. The van der Waals surface area contributed by atoms with E-state index in [4.69, 9.17) is 11.6 Å². The van der Waals surface area contributed by atoms with Crippen molar-refractivity contribution in [1.82, 2.24) is 0 Å². The Balaban J connectivity index is 1.61. The van der Waals surface area contributed by atoms with Gasteiger partial charge in [-0.2, -0.15) is 8.78 Å². The molecule has 1 fully saturated rings. The molecule has 1 aliphatic rings. The first-order valence-electron chi connectivity index (χ1n) is 11.1. The van der Waals surface area contributed by atoms with E-state index in [-0.39, 0.29) is 11.1 Å². The van der Waals surface area contributed by atoms with Gasteiger partial charge in [-0.15, -0.1) is 0 Å². The third-order valence-corrected chi connectivity index (χ3v) is 6.64. The maximum atomic E-state index is 14.7. The smallest absolute Gasteiger partial charge is 0.206 e. The maximum Gasteiger partial charge on any atom is 0.353 e. The van der Waals surface area contributed by atoms with Crippen LogP contribution in [0.2, 0.25) is 0 Å². The molecule has 0 unspecified atom stereocenters. The van der Waals surface area contributed by atoms with Gasteiger partial charge >= 0.3 is 5.38 Å². The van der Waals surface area contributed by atoms with Gasteiger partial charge in [-0.1, -0.05) is 50.0 Å². The summed E-state index contributed by atoms with van der Waals surface area (Å²) in [5.41, 5.74) is -0.912. The van der Waals surface area contributed by atoms with Gasteiger partial charge in [0.2, 0.25) is 0 Å². The van der Waals surface area contributed by atoms with Crippen LogP contribution in [0.15, 0.2) is 42.5 Å². The van der Waals surface area contributed by atoms with E-state index in [0.29, 0.717) is 18.1 Å². The third-order valence-electron chi connectivity index (χ3n) is 6.45. The van der Waals surface area contributed by atoms with E-state index in [0.717, 1.165) is 30.7 Å². The van der Waals surface area contributed by atoms with E-state index in [9.17, 15) is 22.0 Å². The van der Waals surface area contributed by atoms with Crippen LogP contribution in [0.4, 0.5) is 22.0 Å². The molecule has 0 aliphatic heterocycles. The summed E-state index contributed by atoms with van der Waals surface area (Å²) in [5, 5.41) is -4.18. The van der Waals surface area contributed by atoms with E-state index >= 15 is 0 Å². The Morgan fingerprint density at radius 3 is 2.03 bits per heavy atom. The van der Waals surface area contributed by atoms with Crippen molar-refractivity contribution in [3.05, 3.63) is 71.1 Å². The lowest BCUT2D eigenvalue weighted by Gasteiger charge is -2.28. The van der Waals surface area contributed by atoms with E-state index in [1.807, 2.05) is 6.92 Å². The van der Waals surface area contributed by atoms with Gasteiger partial charge in [0.05, 0.1) is 0 Å². The maximum absolute atomic E-state index is 14.7. The van der Waals surface area contributed by atoms with Crippen LogP contribution in [0.3, 0.4) is 0 Å². The fourth-order valence-electron chi connectivity index (χ4n) is 4.63. The molecule has 0 spiro atoms. The van der Waals surface area contributed by atoms with Gasteiger partial charge in [0.15, 0.2) is 0 Å². The van der Waals surface area contributed by atoms with Crippen LogP contribution in [-0.2, 0) is 11.8 Å². The van der Waals surface area contributed by atoms with Gasteiger partial charge in [-0.3, -0.25) is 0 Å². The topological polar surface area (TPSA) is 0 Å². The minimum atomic E-state index is -4.18. The minimum Gasteiger partial charge on any atom is -0.206 e. The van der Waals surface area contributed by atoms with Crippen LogP contribution in [0.1, 0.15) is 63.0 Å². The summed E-state index contributed by atoms with van der Waals surface area (Å²) < 4.78 is 69.1. The molecule has 0 saturated heterocycles. The van der Waals surface area contributed by atoms with Crippen LogP contribution >= 0.6 is 11.6 Å². The van der Waals surface area contributed by atoms with Gasteiger partial charge in [0, 0.05) is 5.56 Å². The van der Waals surface area contributed by atoms with Crippen LogP contribution < -0.4 is 0 Å². The summed E-state index contributed by atoms with van der Waals surface area (Å²) in [7, 11) is 0. The monoisotopic (exact) mass is 470 g/mol. The molecule has 0 heterocycles. The van der Waals surface area contributed by atoms with Crippen molar-refractivity contribution in [2.75, 3.05) is 0 Å². The van der Waals surface area contributed by atoms with Crippen molar-refractivity contribution < 1.29 is 22.0 Å². The summed E-state index contributed by atoms with van der Waals surface area (Å²) in [6.07, 6.45) is 13.3. The highest BCUT2D eigenvalue weighted by atomic mass is 35.5. The molecule has 0 atom stereocenters. The zero-order chi connectivity index (χ0) is 23.3. The molecule has 2 aromatic carbocycles. The van der Waals surface area contributed by atoms with Gasteiger partial charge < -0.3 is 0 Å². The van der Waals surface area contributed by atoms with E-state index in [1.165, 1.54) is 44.2 Å². The van der Waals surface area contributed by atoms with Gasteiger partial charge in [0.1, 0.15) is 23.0 Å². The molecule has 0 radical (unpaired) electrons. The highest BCUT2D eigenvalue weighted by molar-refractivity contribution is 6.21. The van der Waals surface area contributed by atoms with Gasteiger partial charge in [-0.25, -0.2) is 13.2 Å². The molecule has 174 valence electrons. The first-order valence-corrected chi connectivity index (χ1v) is 11.5. The zero-order valence-corrected chi connectivity index (χ0v) is 18.9. The molecular formula is C26H28ClF5. The van der Waals surface area contributed by atoms with Crippen molar-refractivity contribution in [2.45, 2.75) is 63.7 Å². The molecule has 0 bridgehead atoms. The summed E-state index contributed by atoms with van der Waals surface area (Å²) in [4.78, 5) is 0. The Hall–Kier alpha value is -1.88. The van der Waals surface area contributed by atoms with E-state index in [1.54, 1.807) is 6.07 Å². The lowest BCUT2D eigenvalue weighted by Crippen LogP contribution is -2.15. The Morgan fingerprint density at radius 1 is 0.906 bits per heavy atom. The number of allylic oxidation sites excluding steroid dienone is 2. The van der Waals surface area contributed by atoms with Gasteiger partial charge in [-0.05, 0) is 85.4 Å². The van der Waals surface area contributed by atoms with Gasteiger partial charge in [0.25, 0.3) is 0 Å². The molecule has 0 aromatic heterocycles. The standard InChI is InChI=1S/C26H28ClF5/c1-2-3-4-5-17-6-8-18(9-7-17)10-11-19-12-13-21(22(28)14-19)20-15-23(29)25(24(30)16-20)26(27,31)32/h2-3,12-18H,4-11H2,1H3/b3-2+. The molecular weight excluding hydrogens is 443 g/mol. The van der Waals surface area contributed by atoms with Crippen molar-refractivity contribution >= 4 is 11.6 Å². The molecule has 1 aliphatic carbocycles. The van der Waals surface area contributed by atoms with Crippen LogP contribution in [0.25, 0.3) is 11.1 Å². The number of hydrogen-bond acceptors (Lipinski definition) is 0. The number of benzene rings is 2. The number of aryl methyl sites for hydroxylation is 1. The number of alkyl halides is 3. The summed E-state index contributed by atoms with van der Waals surface area (Å²) in [5.74, 6) is -2.23. The molecule has 2 aromatic rings. The Labute approximate surface area is 191 Å². The molecule has 0 amide bonds. The quantitative estimate of drug-likeness (QED) is 0.205. The molecule has 32 heavy (non-hydrogen) atoms. The number of rotatable bonds is 8. The Morgan fingerprint density at radius 2 is 1.50 bits per heavy atom. The summed E-state index contributed by atoms with van der Waals surface area (Å²) >= 11 is 4.76. The molecule has 0 N–H and O–H groups in total. The van der Waals surface area contributed by atoms with Crippen molar-refractivity contribution in [3.8, 4) is 11.1 Å². The Bertz CT molecular complexity index is 917. The lowest BCUT2D eigenvalue weighted by atomic mass is 9.78. The molecule has 0 nitrogen and oxygen atoms in total. The number of hydrogen-bond donors (Lipinski definition) is 0. The fraction of sp³-hybridized carbons (Fsp3) is 0.462. The molecule has 3 rings (SSSR count). The van der Waals surface area contributed by atoms with E-state index < -0.39 is 28.4 Å². The average molecular weight is 471 g/mol. The summed E-state index contributed by atoms with van der Waals surface area (Å²) in [6, 6.07) is 5.89. The average Bonchev–Trinajstić information content (AvgIpc) is 2.72. The second-order valence-corrected chi connectivity index (χ2v) is 9.17. The number of halogens is 6. The summed E-state index contributed by atoms with van der Waals surface area (Å²) in [6.45, 7) is 2.04. The first-order chi connectivity index (χ1) is 15.2. The Kier molecular flexibility index (Phi) is 8.37. The van der Waals surface area contributed by atoms with Crippen molar-refractivity contribution in [3.63, 3.8) is 0 Å². The second kappa shape index (κ2) is 10.8. The predicted molar refractivity (Wildman–Crippen MR) is 119 cm³/mol. The van der Waals surface area contributed by atoms with Crippen LogP contribution in [-0.4, -0.2) is 0 Å². The molecule has 1 saturated carbocycles. The first kappa shape index (κ1) is 24.8. The highest BCUT2D eigenvalue weighted by Gasteiger charge is 2.35. The van der Waals surface area contributed by atoms with Crippen LogP contribution in [0, 0.1) is 29.3 Å². The second-order valence-electron chi connectivity index (χ2n) is 8.70. The van der Waals surface area contributed by atoms with E-state index in [2.05, 4.69) is 12.2 Å². The normalized spacial score (nSPS) is 19.6. The third kappa shape index (κ3) is 6.34. The van der Waals surface area contributed by atoms with Crippen molar-refractivity contribution in [2.24, 2.45) is 11.8 Å². The zero-order valence-electron chi connectivity index (χ0n) is 18.1. The predicted octanol–water partition coefficient (Wildman–Crippen LogP) is 9.15.